The van der Waals surface area contributed by atoms with Gasteiger partial charge in [0.2, 0.25) is 0 Å². The number of hydrogen-bond acceptors (Lipinski definition) is 4. The van der Waals surface area contributed by atoms with Crippen LogP contribution in [0.25, 0.3) is 16.8 Å². The molecule has 3 aromatic rings. The van der Waals surface area contributed by atoms with E-state index < -0.39 is 5.91 Å². The number of hydrogen-bond donors (Lipinski definition) is 1. The molecule has 5 nitrogen and oxygen atoms in total. The van der Waals surface area contributed by atoms with Gasteiger partial charge in [0.05, 0.1) is 6.61 Å². The van der Waals surface area contributed by atoms with E-state index in [9.17, 15) is 10.1 Å². The van der Waals surface area contributed by atoms with Gasteiger partial charge in [-0.1, -0.05) is 58.4 Å². The van der Waals surface area contributed by atoms with Crippen LogP contribution in [0.5, 0.6) is 11.5 Å². The van der Waals surface area contributed by atoms with Crippen LogP contribution in [-0.4, -0.2) is 18.6 Å². The van der Waals surface area contributed by atoms with Crippen LogP contribution >= 0.6 is 15.9 Å². The lowest BCUT2D eigenvalue weighted by Gasteiger charge is -2.15. The molecule has 0 bridgehead atoms. The quantitative estimate of drug-likeness (QED) is 0.308. The summed E-state index contributed by atoms with van der Waals surface area (Å²) in [7, 11) is 0. The zero-order chi connectivity index (χ0) is 23.1. The highest BCUT2D eigenvalue weighted by atomic mass is 79.9. The van der Waals surface area contributed by atoms with E-state index >= 15 is 0 Å². The van der Waals surface area contributed by atoms with Crippen LogP contribution in [0.3, 0.4) is 0 Å². The molecule has 0 unspecified atom stereocenters. The van der Waals surface area contributed by atoms with Gasteiger partial charge in [0.25, 0.3) is 5.91 Å². The number of carbonyl (C=O) groups excluding carboxylic acids is 1. The molecule has 3 aromatic carbocycles. The van der Waals surface area contributed by atoms with E-state index in [0.717, 1.165) is 16.3 Å². The fraction of sp³-hybridized carbons (Fsp3) is 0.231. The summed E-state index contributed by atoms with van der Waals surface area (Å²) < 4.78 is 12.6. The third-order valence-corrected chi connectivity index (χ3v) is 5.40. The number of carbonyl (C=O) groups is 1. The first-order valence-electron chi connectivity index (χ1n) is 10.4. The Hall–Kier alpha value is -3.30. The van der Waals surface area contributed by atoms with Gasteiger partial charge in [-0.25, -0.2) is 0 Å². The zero-order valence-electron chi connectivity index (χ0n) is 18.3. The van der Waals surface area contributed by atoms with Crippen LogP contribution in [0, 0.1) is 11.3 Å². The second-order valence-corrected chi connectivity index (χ2v) is 8.33. The summed E-state index contributed by atoms with van der Waals surface area (Å²) in [6.07, 6.45) is 1.54. The van der Waals surface area contributed by atoms with Crippen LogP contribution in [0.15, 0.2) is 64.6 Å². The van der Waals surface area contributed by atoms with Crippen molar-refractivity contribution in [1.29, 1.82) is 5.26 Å². The Bertz CT molecular complexity index is 1190. The molecule has 32 heavy (non-hydrogen) atoms. The van der Waals surface area contributed by atoms with Crippen LogP contribution in [0.4, 0.5) is 0 Å². The molecule has 0 aliphatic carbocycles. The molecular weight excluding hydrogens is 468 g/mol. The Balaban J connectivity index is 1.91. The Kier molecular flexibility index (Phi) is 7.91. The van der Waals surface area contributed by atoms with Crippen molar-refractivity contribution in [3.8, 4) is 17.6 Å². The summed E-state index contributed by atoms with van der Waals surface area (Å²) in [5.41, 5.74) is 1.75. The van der Waals surface area contributed by atoms with Crippen molar-refractivity contribution in [3.05, 3.63) is 75.8 Å². The largest absolute Gasteiger partial charge is 0.490 e. The van der Waals surface area contributed by atoms with E-state index in [-0.39, 0.29) is 11.6 Å². The fourth-order valence-corrected chi connectivity index (χ4v) is 3.70. The van der Waals surface area contributed by atoms with Gasteiger partial charge in [-0.05, 0) is 60.9 Å². The lowest BCUT2D eigenvalue weighted by molar-refractivity contribution is -0.117. The minimum Gasteiger partial charge on any atom is -0.490 e. The fourth-order valence-electron chi connectivity index (χ4n) is 3.26. The van der Waals surface area contributed by atoms with Gasteiger partial charge in [0.1, 0.15) is 18.2 Å². The number of rotatable bonds is 8. The molecule has 0 atom stereocenters. The van der Waals surface area contributed by atoms with Crippen molar-refractivity contribution in [2.45, 2.75) is 33.4 Å². The summed E-state index contributed by atoms with van der Waals surface area (Å²) in [6.45, 7) is 6.41. The Morgan fingerprint density at radius 2 is 1.84 bits per heavy atom. The number of amides is 1. The number of benzene rings is 3. The van der Waals surface area contributed by atoms with Crippen LogP contribution in [-0.2, 0) is 11.4 Å². The molecule has 0 saturated heterocycles. The van der Waals surface area contributed by atoms with Crippen LogP contribution < -0.4 is 14.8 Å². The van der Waals surface area contributed by atoms with Gasteiger partial charge in [-0.2, -0.15) is 5.26 Å². The smallest absolute Gasteiger partial charge is 0.262 e. The molecule has 0 radical (unpaired) electrons. The highest BCUT2D eigenvalue weighted by Gasteiger charge is 2.15. The molecule has 3 rings (SSSR count). The SMILES string of the molecule is CCOc1cc(/C=C(/C#N)C(=O)NC(C)C)c(Br)cc1OCc1cccc2ccccc12. The average Bonchev–Trinajstić information content (AvgIpc) is 2.77. The molecule has 6 heteroatoms. The van der Waals surface area contributed by atoms with Crippen molar-refractivity contribution >= 4 is 38.7 Å². The molecular formula is C26H25BrN2O3. The van der Waals surface area contributed by atoms with Crippen molar-refractivity contribution in [2.75, 3.05) is 6.61 Å². The molecule has 0 fully saturated rings. The molecule has 0 saturated carbocycles. The van der Waals surface area contributed by atoms with E-state index in [2.05, 4.69) is 39.4 Å². The predicted octanol–water partition coefficient (Wildman–Crippen LogP) is 6.01. The molecule has 0 aromatic heterocycles. The molecule has 0 spiro atoms. The first-order valence-corrected chi connectivity index (χ1v) is 11.2. The molecule has 0 heterocycles. The van der Waals surface area contributed by atoms with Gasteiger partial charge in [0, 0.05) is 10.5 Å². The summed E-state index contributed by atoms with van der Waals surface area (Å²) in [5.74, 6) is 0.710. The third-order valence-electron chi connectivity index (χ3n) is 4.71. The van der Waals surface area contributed by atoms with E-state index in [1.54, 1.807) is 18.2 Å². The maximum Gasteiger partial charge on any atom is 0.262 e. The van der Waals surface area contributed by atoms with E-state index in [0.29, 0.717) is 34.7 Å². The topological polar surface area (TPSA) is 71.3 Å². The standard InChI is InChI=1S/C26H25BrN2O3/c1-4-31-24-13-20(12-21(15-28)26(30)29-17(2)3)23(27)14-25(24)32-16-19-10-7-9-18-8-5-6-11-22(18)19/h5-14,17H,4,16H2,1-3H3,(H,29,30)/b21-12-. The van der Waals surface area contributed by atoms with Crippen molar-refractivity contribution in [3.63, 3.8) is 0 Å². The number of nitriles is 1. The average molecular weight is 493 g/mol. The van der Waals surface area contributed by atoms with Gasteiger partial charge in [-0.3, -0.25) is 4.79 Å². The van der Waals surface area contributed by atoms with Gasteiger partial charge >= 0.3 is 0 Å². The second-order valence-electron chi connectivity index (χ2n) is 7.48. The summed E-state index contributed by atoms with van der Waals surface area (Å²) in [4.78, 5) is 12.3. The van der Waals surface area contributed by atoms with Gasteiger partial charge in [0.15, 0.2) is 11.5 Å². The first kappa shape index (κ1) is 23.4. The number of fused-ring (bicyclic) bond motifs is 1. The van der Waals surface area contributed by atoms with Crippen molar-refractivity contribution in [2.24, 2.45) is 0 Å². The first-order chi connectivity index (χ1) is 15.4. The van der Waals surface area contributed by atoms with E-state index in [1.165, 1.54) is 0 Å². The molecule has 1 N–H and O–H groups in total. The monoisotopic (exact) mass is 492 g/mol. The van der Waals surface area contributed by atoms with Gasteiger partial charge in [-0.15, -0.1) is 0 Å². The summed E-state index contributed by atoms with van der Waals surface area (Å²) >= 11 is 3.53. The lowest BCUT2D eigenvalue weighted by atomic mass is 10.1. The third kappa shape index (κ3) is 5.68. The van der Waals surface area contributed by atoms with E-state index in [1.807, 2.05) is 51.1 Å². The maximum atomic E-state index is 12.3. The van der Waals surface area contributed by atoms with Crippen molar-refractivity contribution < 1.29 is 14.3 Å². The predicted molar refractivity (Wildman–Crippen MR) is 130 cm³/mol. The molecule has 0 aliphatic rings. The summed E-state index contributed by atoms with van der Waals surface area (Å²) in [6, 6.07) is 19.8. The zero-order valence-corrected chi connectivity index (χ0v) is 19.9. The highest BCUT2D eigenvalue weighted by Crippen LogP contribution is 2.36. The minimum atomic E-state index is -0.413. The van der Waals surface area contributed by atoms with Gasteiger partial charge < -0.3 is 14.8 Å². The number of halogens is 1. The molecule has 1 amide bonds. The van der Waals surface area contributed by atoms with Crippen LogP contribution in [0.2, 0.25) is 0 Å². The lowest BCUT2D eigenvalue weighted by Crippen LogP contribution is -2.30. The summed E-state index contributed by atoms with van der Waals surface area (Å²) in [5, 5.41) is 14.5. The minimum absolute atomic E-state index is 0.0197. The second kappa shape index (κ2) is 10.8. The van der Waals surface area contributed by atoms with E-state index in [4.69, 9.17) is 9.47 Å². The number of nitrogens with one attached hydrogen (secondary N) is 1. The Morgan fingerprint density at radius 3 is 2.56 bits per heavy atom. The molecule has 164 valence electrons. The van der Waals surface area contributed by atoms with Crippen molar-refractivity contribution in [1.82, 2.24) is 5.32 Å². The normalized spacial score (nSPS) is 11.3. The highest BCUT2D eigenvalue weighted by molar-refractivity contribution is 9.10. The number of nitrogens with zero attached hydrogens (tertiary/aromatic N) is 1. The van der Waals surface area contributed by atoms with Crippen LogP contribution in [0.1, 0.15) is 31.9 Å². The number of ether oxygens (including phenoxy) is 2. The maximum absolute atomic E-state index is 12.3. The Labute approximate surface area is 196 Å². The molecule has 0 aliphatic heterocycles. The Morgan fingerprint density at radius 1 is 1.12 bits per heavy atom.